The Kier molecular flexibility index (Phi) is 2.96. The van der Waals surface area contributed by atoms with E-state index in [1.807, 2.05) is 13.8 Å². The Morgan fingerprint density at radius 3 is 2.64 bits per heavy atom. The van der Waals surface area contributed by atoms with Crippen molar-refractivity contribution in [3.8, 4) is 0 Å². The maximum absolute atomic E-state index is 10.8. The zero-order valence-electron chi connectivity index (χ0n) is 8.24. The van der Waals surface area contributed by atoms with E-state index >= 15 is 0 Å². The van der Waals surface area contributed by atoms with Gasteiger partial charge in [0.15, 0.2) is 0 Å². The lowest BCUT2D eigenvalue weighted by Crippen LogP contribution is -2.13. The number of benzene rings is 1. The maximum atomic E-state index is 10.8. The monoisotopic (exact) mass is 194 g/mol. The van der Waals surface area contributed by atoms with Gasteiger partial charge in [0.2, 0.25) is 0 Å². The van der Waals surface area contributed by atoms with Crippen molar-refractivity contribution in [3.63, 3.8) is 0 Å². The molecule has 0 bridgehead atoms. The number of carboxylic acids is 1. The number of hydrogen-bond donors (Lipinski definition) is 3. The fourth-order valence-corrected chi connectivity index (χ4v) is 1.18. The van der Waals surface area contributed by atoms with Crippen LogP contribution in [0.5, 0.6) is 0 Å². The van der Waals surface area contributed by atoms with Crippen LogP contribution in [-0.4, -0.2) is 17.1 Å². The van der Waals surface area contributed by atoms with Gasteiger partial charge in [0.05, 0.1) is 11.3 Å². The molecule has 0 saturated heterocycles. The summed E-state index contributed by atoms with van der Waals surface area (Å²) in [6.45, 7) is 3.88. The molecule has 4 heteroatoms. The Balaban J connectivity index is 3.09. The van der Waals surface area contributed by atoms with E-state index in [2.05, 4.69) is 5.32 Å². The first kappa shape index (κ1) is 10.4. The number of nitrogens with two attached hydrogens (primary N) is 1. The van der Waals surface area contributed by atoms with Gasteiger partial charge in [0.1, 0.15) is 0 Å². The first-order valence-corrected chi connectivity index (χ1v) is 4.40. The molecule has 1 aromatic carbocycles. The van der Waals surface area contributed by atoms with Gasteiger partial charge in [-0.25, -0.2) is 4.79 Å². The summed E-state index contributed by atoms with van der Waals surface area (Å²) in [6.07, 6.45) is 0. The maximum Gasteiger partial charge on any atom is 0.337 e. The van der Waals surface area contributed by atoms with E-state index < -0.39 is 5.97 Å². The highest BCUT2D eigenvalue weighted by molar-refractivity contribution is 5.95. The first-order valence-electron chi connectivity index (χ1n) is 4.40. The summed E-state index contributed by atoms with van der Waals surface area (Å²) < 4.78 is 0. The number of carbonyl (C=O) groups is 1. The summed E-state index contributed by atoms with van der Waals surface area (Å²) in [7, 11) is 0. The van der Waals surface area contributed by atoms with Crippen molar-refractivity contribution >= 4 is 17.3 Å². The van der Waals surface area contributed by atoms with Gasteiger partial charge in [0.25, 0.3) is 0 Å². The molecule has 4 N–H and O–H groups in total. The van der Waals surface area contributed by atoms with E-state index in [4.69, 9.17) is 10.8 Å². The van der Waals surface area contributed by atoms with E-state index in [9.17, 15) is 4.79 Å². The van der Waals surface area contributed by atoms with Crippen LogP contribution in [0.2, 0.25) is 0 Å². The molecular formula is C10H14N2O2. The van der Waals surface area contributed by atoms with E-state index in [1.165, 1.54) is 6.07 Å². The van der Waals surface area contributed by atoms with Crippen LogP contribution in [0.25, 0.3) is 0 Å². The van der Waals surface area contributed by atoms with Gasteiger partial charge in [-0.05, 0) is 32.0 Å². The quantitative estimate of drug-likeness (QED) is 0.641. The molecule has 0 aliphatic rings. The SMILES string of the molecule is CC(C)Nc1cc(N)ccc1C(=O)O. The van der Waals surface area contributed by atoms with Crippen LogP contribution in [-0.2, 0) is 0 Å². The average molecular weight is 194 g/mol. The molecule has 4 nitrogen and oxygen atoms in total. The molecule has 0 heterocycles. The molecule has 0 aromatic heterocycles. The number of nitrogens with one attached hydrogen (secondary N) is 1. The zero-order valence-corrected chi connectivity index (χ0v) is 8.24. The summed E-state index contributed by atoms with van der Waals surface area (Å²) in [5.41, 5.74) is 6.93. The highest BCUT2D eigenvalue weighted by Gasteiger charge is 2.10. The second-order valence-electron chi connectivity index (χ2n) is 3.41. The summed E-state index contributed by atoms with van der Waals surface area (Å²) in [5, 5.41) is 11.9. The van der Waals surface area contributed by atoms with Crippen LogP contribution in [0.15, 0.2) is 18.2 Å². The minimum absolute atomic E-state index is 0.176. The molecule has 0 saturated carbocycles. The van der Waals surface area contributed by atoms with Crippen molar-refractivity contribution in [1.82, 2.24) is 0 Å². The Labute approximate surface area is 82.7 Å². The average Bonchev–Trinajstić information content (AvgIpc) is 2.01. The zero-order chi connectivity index (χ0) is 10.7. The third-order valence-electron chi connectivity index (χ3n) is 1.72. The van der Waals surface area contributed by atoms with Gasteiger partial charge < -0.3 is 16.2 Å². The standard InChI is InChI=1S/C10H14N2O2/c1-6(2)12-9-5-7(11)3-4-8(9)10(13)14/h3-6,12H,11H2,1-2H3,(H,13,14). The molecule has 0 aliphatic carbocycles. The lowest BCUT2D eigenvalue weighted by molar-refractivity contribution is 0.0698. The Morgan fingerprint density at radius 2 is 2.14 bits per heavy atom. The summed E-state index contributed by atoms with van der Waals surface area (Å²) in [5.74, 6) is -0.951. The molecule has 0 atom stereocenters. The van der Waals surface area contributed by atoms with E-state index in [-0.39, 0.29) is 11.6 Å². The largest absolute Gasteiger partial charge is 0.478 e. The van der Waals surface area contributed by atoms with Crippen molar-refractivity contribution < 1.29 is 9.90 Å². The third kappa shape index (κ3) is 2.39. The van der Waals surface area contributed by atoms with Gasteiger partial charge in [-0.3, -0.25) is 0 Å². The minimum atomic E-state index is -0.951. The van der Waals surface area contributed by atoms with Crippen LogP contribution in [0.1, 0.15) is 24.2 Å². The van der Waals surface area contributed by atoms with Gasteiger partial charge in [-0.2, -0.15) is 0 Å². The van der Waals surface area contributed by atoms with Crippen molar-refractivity contribution in [2.45, 2.75) is 19.9 Å². The summed E-state index contributed by atoms with van der Waals surface area (Å²) in [4.78, 5) is 10.8. The molecule has 0 aliphatic heterocycles. The Morgan fingerprint density at radius 1 is 1.50 bits per heavy atom. The van der Waals surface area contributed by atoms with E-state index in [1.54, 1.807) is 12.1 Å². The lowest BCUT2D eigenvalue weighted by atomic mass is 10.1. The number of aromatic carboxylic acids is 1. The van der Waals surface area contributed by atoms with Crippen molar-refractivity contribution in [2.75, 3.05) is 11.1 Å². The molecule has 1 rings (SSSR count). The van der Waals surface area contributed by atoms with Crippen LogP contribution in [0.3, 0.4) is 0 Å². The summed E-state index contributed by atoms with van der Waals surface area (Å²) >= 11 is 0. The minimum Gasteiger partial charge on any atom is -0.478 e. The van der Waals surface area contributed by atoms with Gasteiger partial charge in [-0.15, -0.1) is 0 Å². The molecule has 1 aromatic rings. The van der Waals surface area contributed by atoms with E-state index in [0.29, 0.717) is 11.4 Å². The van der Waals surface area contributed by atoms with Crippen LogP contribution < -0.4 is 11.1 Å². The smallest absolute Gasteiger partial charge is 0.337 e. The number of hydrogen-bond acceptors (Lipinski definition) is 3. The van der Waals surface area contributed by atoms with Crippen LogP contribution >= 0.6 is 0 Å². The molecule has 76 valence electrons. The second-order valence-corrected chi connectivity index (χ2v) is 3.41. The van der Waals surface area contributed by atoms with Crippen LogP contribution in [0, 0.1) is 0 Å². The van der Waals surface area contributed by atoms with Crippen molar-refractivity contribution in [1.29, 1.82) is 0 Å². The van der Waals surface area contributed by atoms with Crippen LogP contribution in [0.4, 0.5) is 11.4 Å². The van der Waals surface area contributed by atoms with Gasteiger partial charge >= 0.3 is 5.97 Å². The summed E-state index contributed by atoms with van der Waals surface area (Å²) in [6, 6.07) is 4.88. The molecule has 14 heavy (non-hydrogen) atoms. The molecule has 0 radical (unpaired) electrons. The topological polar surface area (TPSA) is 75.3 Å². The molecule has 0 amide bonds. The fourth-order valence-electron chi connectivity index (χ4n) is 1.18. The normalized spacial score (nSPS) is 10.2. The second kappa shape index (κ2) is 4.00. The number of carboxylic acid groups (broad SMARTS) is 1. The van der Waals surface area contributed by atoms with Crippen molar-refractivity contribution in [2.24, 2.45) is 0 Å². The predicted octanol–water partition coefficient (Wildman–Crippen LogP) is 1.79. The molecule has 0 fully saturated rings. The molecule has 0 spiro atoms. The highest BCUT2D eigenvalue weighted by atomic mass is 16.4. The number of rotatable bonds is 3. The Bertz CT molecular complexity index is 348. The predicted molar refractivity (Wildman–Crippen MR) is 56.6 cm³/mol. The van der Waals surface area contributed by atoms with Crippen molar-refractivity contribution in [3.05, 3.63) is 23.8 Å². The lowest BCUT2D eigenvalue weighted by Gasteiger charge is -2.13. The molecule has 0 unspecified atom stereocenters. The third-order valence-corrected chi connectivity index (χ3v) is 1.72. The van der Waals surface area contributed by atoms with E-state index in [0.717, 1.165) is 0 Å². The van der Waals surface area contributed by atoms with Gasteiger partial charge in [0, 0.05) is 11.7 Å². The first-order chi connectivity index (χ1) is 6.50. The fraction of sp³-hybridized carbons (Fsp3) is 0.300. The molecular weight excluding hydrogens is 180 g/mol. The number of anilines is 2. The van der Waals surface area contributed by atoms with Gasteiger partial charge in [-0.1, -0.05) is 0 Å². The number of nitrogen functional groups attached to an aromatic ring is 1. The Hall–Kier alpha value is -1.71. The highest BCUT2D eigenvalue weighted by Crippen LogP contribution is 2.19.